The molecule has 2 rings (SSSR count). The van der Waals surface area contributed by atoms with Crippen LogP contribution in [0.5, 0.6) is 0 Å². The highest BCUT2D eigenvalue weighted by atomic mass is 32.2. The molecule has 0 saturated carbocycles. The lowest BCUT2D eigenvalue weighted by molar-refractivity contribution is -0.146. The number of amides is 1. The highest BCUT2D eigenvalue weighted by Crippen LogP contribution is 2.14. The summed E-state index contributed by atoms with van der Waals surface area (Å²) in [6.07, 6.45) is 0.276. The highest BCUT2D eigenvalue weighted by Gasteiger charge is 2.27. The van der Waals surface area contributed by atoms with Crippen LogP contribution in [-0.4, -0.2) is 39.2 Å². The number of carbonyl (C=O) groups is 2. The monoisotopic (exact) mass is 363 g/mol. The van der Waals surface area contributed by atoms with Gasteiger partial charge in [0.1, 0.15) is 5.82 Å². The fourth-order valence-corrected chi connectivity index (χ4v) is 2.82. The molecule has 0 fully saturated rings. The Bertz CT molecular complexity index is 832. The third-order valence-corrected chi connectivity index (χ3v) is 4.65. The number of aliphatic carboxylic acids is 1. The zero-order valence-electron chi connectivity index (χ0n) is 14.2. The predicted molar refractivity (Wildman–Crippen MR) is 97.6 cm³/mol. The van der Waals surface area contributed by atoms with E-state index in [2.05, 4.69) is 15.3 Å². The maximum Gasteiger partial charge on any atom is 0.310 e. The molecule has 0 aliphatic carbocycles. The van der Waals surface area contributed by atoms with Crippen molar-refractivity contribution >= 4 is 34.5 Å². The van der Waals surface area contributed by atoms with Crippen molar-refractivity contribution in [3.8, 4) is 0 Å². The van der Waals surface area contributed by atoms with E-state index in [4.69, 9.17) is 5.11 Å². The Kier molecular flexibility index (Phi) is 6.19. The molecule has 1 aromatic heterocycles. The number of fused-ring (bicyclic) bond motifs is 1. The summed E-state index contributed by atoms with van der Waals surface area (Å²) in [7, 11) is 0. The second-order valence-corrected chi connectivity index (χ2v) is 7.40. The zero-order valence-corrected chi connectivity index (χ0v) is 15.0. The maximum absolute atomic E-state index is 12.0. The predicted octanol–water partition coefficient (Wildman–Crippen LogP) is 1.77. The number of para-hydroxylation sites is 1. The van der Waals surface area contributed by atoms with Gasteiger partial charge < -0.3 is 15.4 Å². The van der Waals surface area contributed by atoms with E-state index in [1.54, 1.807) is 32.0 Å². The molecule has 0 aliphatic rings. The minimum atomic E-state index is -0.989. The van der Waals surface area contributed by atoms with Gasteiger partial charge in [-0.25, -0.2) is 4.98 Å². The van der Waals surface area contributed by atoms with Crippen molar-refractivity contribution in [2.75, 3.05) is 12.3 Å². The average molecular weight is 363 g/mol. The van der Waals surface area contributed by atoms with Crippen LogP contribution in [-0.2, 0) is 15.3 Å². The van der Waals surface area contributed by atoms with Crippen molar-refractivity contribution in [1.82, 2.24) is 15.3 Å². The van der Waals surface area contributed by atoms with Gasteiger partial charge in [0.15, 0.2) is 0 Å². The highest BCUT2D eigenvalue weighted by molar-refractivity contribution is 7.98. The summed E-state index contributed by atoms with van der Waals surface area (Å²) in [5.41, 5.74) is -0.512. The van der Waals surface area contributed by atoms with E-state index in [1.807, 2.05) is 6.07 Å². The molecule has 0 atom stereocenters. The molecule has 0 bridgehead atoms. The maximum atomic E-state index is 12.0. The molecule has 1 aromatic carbocycles. The molecule has 0 spiro atoms. The van der Waals surface area contributed by atoms with Gasteiger partial charge in [-0.2, -0.15) is 11.8 Å². The van der Waals surface area contributed by atoms with Gasteiger partial charge in [-0.3, -0.25) is 14.4 Å². The van der Waals surface area contributed by atoms with Crippen molar-refractivity contribution in [3.63, 3.8) is 0 Å². The van der Waals surface area contributed by atoms with E-state index >= 15 is 0 Å². The molecule has 1 heterocycles. The Balaban J connectivity index is 1.79. The van der Waals surface area contributed by atoms with Gasteiger partial charge in [0.2, 0.25) is 5.91 Å². The molecule has 0 unspecified atom stereocenters. The molecule has 7 nitrogen and oxygen atoms in total. The molecule has 1 amide bonds. The standard InChI is InChI=1S/C17H21N3O4S/c1-17(2,16(23)24)10-18-14(21)7-8-25-9-13-19-12-6-4-3-5-11(12)15(22)20-13/h3-6H,7-10H2,1-2H3,(H,18,21)(H,23,24)(H,19,20,22). The van der Waals surface area contributed by atoms with Gasteiger partial charge in [0.25, 0.3) is 5.56 Å². The molecule has 25 heavy (non-hydrogen) atoms. The molecule has 3 N–H and O–H groups in total. The second kappa shape index (κ2) is 8.15. The number of benzene rings is 1. The average Bonchev–Trinajstić information content (AvgIpc) is 2.57. The molecule has 0 saturated heterocycles. The molecular weight excluding hydrogens is 342 g/mol. The summed E-state index contributed by atoms with van der Waals surface area (Å²) in [6, 6.07) is 7.13. The Morgan fingerprint density at radius 1 is 1.32 bits per heavy atom. The molecule has 2 aromatic rings. The lowest BCUT2D eigenvalue weighted by atomic mass is 9.94. The smallest absolute Gasteiger partial charge is 0.310 e. The quantitative estimate of drug-likeness (QED) is 0.616. The largest absolute Gasteiger partial charge is 0.481 e. The molecule has 8 heteroatoms. The van der Waals surface area contributed by atoms with E-state index in [1.165, 1.54) is 11.8 Å². The summed E-state index contributed by atoms with van der Waals surface area (Å²) in [5, 5.41) is 12.2. The van der Waals surface area contributed by atoms with Crippen LogP contribution in [0.3, 0.4) is 0 Å². The molecule has 0 aliphatic heterocycles. The number of hydrogen-bond donors (Lipinski definition) is 3. The molecule has 134 valence electrons. The van der Waals surface area contributed by atoms with Crippen LogP contribution >= 0.6 is 11.8 Å². The number of nitrogens with zero attached hydrogens (tertiary/aromatic N) is 1. The number of aromatic amines is 1. The SMILES string of the molecule is CC(C)(CNC(=O)CCSCc1nc2ccccc2c(=O)[nH]1)C(=O)O. The summed E-state index contributed by atoms with van der Waals surface area (Å²) in [5.74, 6) is 0.473. The first-order valence-electron chi connectivity index (χ1n) is 7.85. The minimum Gasteiger partial charge on any atom is -0.481 e. The van der Waals surface area contributed by atoms with Crippen LogP contribution in [0, 0.1) is 5.41 Å². The van der Waals surface area contributed by atoms with E-state index in [9.17, 15) is 14.4 Å². The number of aromatic nitrogens is 2. The fraction of sp³-hybridized carbons (Fsp3) is 0.412. The lowest BCUT2D eigenvalue weighted by Gasteiger charge is -2.19. The van der Waals surface area contributed by atoms with Crippen molar-refractivity contribution in [2.24, 2.45) is 5.41 Å². The number of carboxylic acids is 1. The summed E-state index contributed by atoms with van der Waals surface area (Å²) in [4.78, 5) is 41.8. The first kappa shape index (κ1) is 19.0. The van der Waals surface area contributed by atoms with Crippen LogP contribution in [0.15, 0.2) is 29.1 Å². The van der Waals surface area contributed by atoms with Crippen molar-refractivity contribution in [1.29, 1.82) is 0 Å². The normalized spacial score (nSPS) is 11.4. The number of hydrogen-bond acceptors (Lipinski definition) is 5. The zero-order chi connectivity index (χ0) is 18.4. The van der Waals surface area contributed by atoms with E-state index < -0.39 is 11.4 Å². The first-order valence-corrected chi connectivity index (χ1v) is 9.01. The Labute approximate surface area is 149 Å². The van der Waals surface area contributed by atoms with Gasteiger partial charge in [-0.1, -0.05) is 12.1 Å². The summed E-state index contributed by atoms with van der Waals surface area (Å²) in [6.45, 7) is 3.21. The fourth-order valence-electron chi connectivity index (χ4n) is 2.02. The summed E-state index contributed by atoms with van der Waals surface area (Å²) < 4.78 is 0. The van der Waals surface area contributed by atoms with Crippen molar-refractivity contribution in [2.45, 2.75) is 26.0 Å². The van der Waals surface area contributed by atoms with E-state index in [0.29, 0.717) is 28.2 Å². The third kappa shape index (κ3) is 5.32. The Morgan fingerprint density at radius 3 is 2.76 bits per heavy atom. The van der Waals surface area contributed by atoms with Crippen LogP contribution in [0.1, 0.15) is 26.1 Å². The van der Waals surface area contributed by atoms with E-state index in [-0.39, 0.29) is 24.4 Å². The van der Waals surface area contributed by atoms with Crippen LogP contribution < -0.4 is 10.9 Å². The van der Waals surface area contributed by atoms with Crippen LogP contribution in [0.25, 0.3) is 10.9 Å². The van der Waals surface area contributed by atoms with Crippen molar-refractivity contribution < 1.29 is 14.7 Å². The van der Waals surface area contributed by atoms with Crippen LogP contribution in [0.2, 0.25) is 0 Å². The van der Waals surface area contributed by atoms with Gasteiger partial charge in [-0.05, 0) is 26.0 Å². The Hall–Kier alpha value is -2.35. The van der Waals surface area contributed by atoms with Gasteiger partial charge in [0.05, 0.1) is 22.1 Å². The van der Waals surface area contributed by atoms with Crippen molar-refractivity contribution in [3.05, 3.63) is 40.4 Å². The van der Waals surface area contributed by atoms with E-state index in [0.717, 1.165) is 0 Å². The first-order chi connectivity index (χ1) is 11.8. The van der Waals surface area contributed by atoms with Gasteiger partial charge >= 0.3 is 5.97 Å². The number of rotatable bonds is 8. The minimum absolute atomic E-state index is 0.0887. The molecular formula is C17H21N3O4S. The number of carbonyl (C=O) groups excluding carboxylic acids is 1. The van der Waals surface area contributed by atoms with Gasteiger partial charge in [0, 0.05) is 18.7 Å². The third-order valence-electron chi connectivity index (χ3n) is 3.68. The topological polar surface area (TPSA) is 112 Å². The van der Waals surface area contributed by atoms with Crippen LogP contribution in [0.4, 0.5) is 0 Å². The Morgan fingerprint density at radius 2 is 2.04 bits per heavy atom. The number of thioether (sulfide) groups is 1. The number of carboxylic acid groups (broad SMARTS) is 1. The molecule has 0 radical (unpaired) electrons. The number of H-pyrrole nitrogens is 1. The summed E-state index contributed by atoms with van der Waals surface area (Å²) >= 11 is 1.48. The van der Waals surface area contributed by atoms with Gasteiger partial charge in [-0.15, -0.1) is 0 Å². The second-order valence-electron chi connectivity index (χ2n) is 6.30. The number of nitrogens with one attached hydrogen (secondary N) is 2. The lowest BCUT2D eigenvalue weighted by Crippen LogP contribution is -2.39.